The molecular weight excluding hydrogens is 365 g/mol. The number of nitrogens with one attached hydrogen (secondary N) is 1. The maximum absolute atomic E-state index is 5.97. The van der Waals surface area contributed by atoms with Gasteiger partial charge in [-0.1, -0.05) is 53.7 Å². The molecule has 0 aliphatic rings. The van der Waals surface area contributed by atoms with Crippen molar-refractivity contribution in [1.82, 2.24) is 25.5 Å². The summed E-state index contributed by atoms with van der Waals surface area (Å²) >= 11 is 7.60. The minimum Gasteiger partial charge on any atom is -0.312 e. The summed E-state index contributed by atoms with van der Waals surface area (Å²) in [6.45, 7) is 1.66. The third kappa shape index (κ3) is 5.21. The van der Waals surface area contributed by atoms with Crippen LogP contribution in [0.15, 0.2) is 59.8 Å². The number of thioether (sulfide) groups is 1. The molecule has 0 fully saturated rings. The van der Waals surface area contributed by atoms with Gasteiger partial charge in [-0.15, -0.1) is 17.5 Å². The molecule has 1 aromatic heterocycles. The van der Waals surface area contributed by atoms with Crippen LogP contribution in [0.25, 0.3) is 5.69 Å². The standard InChI is InChI=1S/C16H16ClN5S.ClH/c17-14-6-4-5-13(11-14)12-18-9-10-23-16-19-20-21-22(16)15-7-2-1-3-8-15;/h1-8,11,18H,9-10,12H2;1H. The number of para-hydroxylation sites is 1. The lowest BCUT2D eigenvalue weighted by molar-refractivity contribution is 0.728. The molecule has 0 saturated carbocycles. The normalized spacial score (nSPS) is 10.4. The molecule has 2 aromatic carbocycles. The molecule has 0 aliphatic heterocycles. The average molecular weight is 382 g/mol. The molecule has 0 atom stereocenters. The lowest BCUT2D eigenvalue weighted by Gasteiger charge is -2.06. The lowest BCUT2D eigenvalue weighted by Crippen LogP contribution is -2.16. The van der Waals surface area contributed by atoms with Crippen molar-refractivity contribution in [2.75, 3.05) is 12.3 Å². The number of hydrogen-bond acceptors (Lipinski definition) is 5. The van der Waals surface area contributed by atoms with Crippen LogP contribution in [0.1, 0.15) is 5.56 Å². The van der Waals surface area contributed by atoms with Gasteiger partial charge in [-0.2, -0.15) is 4.68 Å². The van der Waals surface area contributed by atoms with E-state index in [4.69, 9.17) is 11.6 Å². The molecule has 3 aromatic rings. The van der Waals surface area contributed by atoms with Crippen LogP contribution in [0.4, 0.5) is 0 Å². The Bertz CT molecular complexity index is 751. The Morgan fingerprint density at radius 3 is 2.71 bits per heavy atom. The Kier molecular flexibility index (Phi) is 7.52. The molecule has 0 spiro atoms. The molecule has 3 rings (SSSR count). The second-order valence-electron chi connectivity index (χ2n) is 4.86. The molecule has 5 nitrogen and oxygen atoms in total. The van der Waals surface area contributed by atoms with E-state index in [0.29, 0.717) is 0 Å². The van der Waals surface area contributed by atoms with Crippen molar-refractivity contribution in [3.63, 3.8) is 0 Å². The van der Waals surface area contributed by atoms with Gasteiger partial charge >= 0.3 is 0 Å². The van der Waals surface area contributed by atoms with Gasteiger partial charge in [0, 0.05) is 23.9 Å². The second kappa shape index (κ2) is 9.64. The predicted octanol–water partition coefficient (Wildman–Crippen LogP) is 3.62. The molecular formula is C16H17Cl2N5S. The van der Waals surface area contributed by atoms with E-state index in [1.807, 2.05) is 48.5 Å². The highest BCUT2D eigenvalue weighted by Crippen LogP contribution is 2.17. The molecule has 0 aliphatic carbocycles. The van der Waals surface area contributed by atoms with Crippen LogP contribution in [0.5, 0.6) is 0 Å². The maximum atomic E-state index is 5.97. The zero-order valence-corrected chi connectivity index (χ0v) is 15.2. The lowest BCUT2D eigenvalue weighted by atomic mass is 10.2. The van der Waals surface area contributed by atoms with Gasteiger partial charge in [0.05, 0.1) is 5.69 Å². The summed E-state index contributed by atoms with van der Waals surface area (Å²) < 4.78 is 1.75. The fourth-order valence-electron chi connectivity index (χ4n) is 2.09. The molecule has 0 amide bonds. The molecule has 1 N–H and O–H groups in total. The minimum absolute atomic E-state index is 0. The summed E-state index contributed by atoms with van der Waals surface area (Å²) in [6, 6.07) is 17.7. The fourth-order valence-corrected chi connectivity index (χ4v) is 3.09. The molecule has 24 heavy (non-hydrogen) atoms. The van der Waals surface area contributed by atoms with Crippen LogP contribution in [-0.4, -0.2) is 32.5 Å². The van der Waals surface area contributed by atoms with Crippen molar-refractivity contribution >= 4 is 35.8 Å². The first-order valence-electron chi connectivity index (χ1n) is 7.25. The van der Waals surface area contributed by atoms with Gasteiger partial charge in [0.15, 0.2) is 0 Å². The third-order valence-corrected chi connectivity index (χ3v) is 4.33. The Balaban J connectivity index is 0.00000208. The summed E-state index contributed by atoms with van der Waals surface area (Å²) in [5, 5.41) is 16.8. The van der Waals surface area contributed by atoms with Gasteiger partial charge in [-0.05, 0) is 40.3 Å². The Morgan fingerprint density at radius 1 is 1.08 bits per heavy atom. The fraction of sp³-hybridized carbons (Fsp3) is 0.188. The number of nitrogens with zero attached hydrogens (tertiary/aromatic N) is 4. The number of tetrazole rings is 1. The highest BCUT2D eigenvalue weighted by atomic mass is 35.5. The second-order valence-corrected chi connectivity index (χ2v) is 6.36. The molecule has 126 valence electrons. The molecule has 0 bridgehead atoms. The van der Waals surface area contributed by atoms with Crippen molar-refractivity contribution in [3.05, 3.63) is 65.2 Å². The number of rotatable bonds is 7. The van der Waals surface area contributed by atoms with Crippen LogP contribution in [0, 0.1) is 0 Å². The highest BCUT2D eigenvalue weighted by Gasteiger charge is 2.07. The van der Waals surface area contributed by atoms with Gasteiger partial charge in [-0.3, -0.25) is 0 Å². The van der Waals surface area contributed by atoms with Gasteiger partial charge in [0.25, 0.3) is 0 Å². The van der Waals surface area contributed by atoms with Gasteiger partial charge in [-0.25, -0.2) is 0 Å². The number of benzene rings is 2. The summed E-state index contributed by atoms with van der Waals surface area (Å²) in [6.07, 6.45) is 0. The molecule has 1 heterocycles. The SMILES string of the molecule is Cl.Clc1cccc(CNCCSc2nnnn2-c2ccccc2)c1. The third-order valence-electron chi connectivity index (χ3n) is 3.17. The van der Waals surface area contributed by atoms with Crippen molar-refractivity contribution in [1.29, 1.82) is 0 Å². The monoisotopic (exact) mass is 381 g/mol. The van der Waals surface area contributed by atoms with E-state index >= 15 is 0 Å². The molecule has 0 radical (unpaired) electrons. The zero-order chi connectivity index (χ0) is 15.9. The van der Waals surface area contributed by atoms with Crippen molar-refractivity contribution in [2.45, 2.75) is 11.7 Å². The van der Waals surface area contributed by atoms with Gasteiger partial charge < -0.3 is 5.32 Å². The number of hydrogen-bond donors (Lipinski definition) is 1. The van der Waals surface area contributed by atoms with Crippen LogP contribution in [0.3, 0.4) is 0 Å². The van der Waals surface area contributed by atoms with Crippen LogP contribution < -0.4 is 5.32 Å². The molecule has 0 unspecified atom stereocenters. The summed E-state index contributed by atoms with van der Waals surface area (Å²) in [7, 11) is 0. The van der Waals surface area contributed by atoms with Crippen LogP contribution in [0.2, 0.25) is 5.02 Å². The summed E-state index contributed by atoms with van der Waals surface area (Å²) in [5.41, 5.74) is 2.14. The first kappa shape index (κ1) is 18.7. The van der Waals surface area contributed by atoms with Crippen molar-refractivity contribution in [2.24, 2.45) is 0 Å². The number of halogens is 2. The maximum Gasteiger partial charge on any atom is 0.214 e. The smallest absolute Gasteiger partial charge is 0.214 e. The summed E-state index contributed by atoms with van der Waals surface area (Å²) in [4.78, 5) is 0. The molecule has 8 heteroatoms. The van der Waals surface area contributed by atoms with Crippen LogP contribution in [-0.2, 0) is 6.54 Å². The largest absolute Gasteiger partial charge is 0.312 e. The zero-order valence-electron chi connectivity index (χ0n) is 12.8. The van der Waals surface area contributed by atoms with E-state index in [2.05, 4.69) is 26.9 Å². The predicted molar refractivity (Wildman–Crippen MR) is 100 cm³/mol. The Labute approximate surface area is 156 Å². The molecule has 0 saturated heterocycles. The Hall–Kier alpha value is -1.60. The quantitative estimate of drug-likeness (QED) is 0.500. The van der Waals surface area contributed by atoms with E-state index in [0.717, 1.165) is 34.7 Å². The van der Waals surface area contributed by atoms with E-state index in [9.17, 15) is 0 Å². The van der Waals surface area contributed by atoms with E-state index < -0.39 is 0 Å². The Morgan fingerprint density at radius 2 is 1.92 bits per heavy atom. The van der Waals surface area contributed by atoms with Gasteiger partial charge in [0.2, 0.25) is 5.16 Å². The minimum atomic E-state index is 0. The van der Waals surface area contributed by atoms with Crippen LogP contribution >= 0.6 is 35.8 Å². The van der Waals surface area contributed by atoms with Crippen molar-refractivity contribution < 1.29 is 0 Å². The first-order chi connectivity index (χ1) is 11.3. The average Bonchev–Trinajstić information content (AvgIpc) is 3.04. The first-order valence-corrected chi connectivity index (χ1v) is 8.61. The van der Waals surface area contributed by atoms with Gasteiger partial charge in [0.1, 0.15) is 0 Å². The summed E-state index contributed by atoms with van der Waals surface area (Å²) in [5.74, 6) is 0.883. The van der Waals surface area contributed by atoms with E-state index in [-0.39, 0.29) is 12.4 Å². The van der Waals surface area contributed by atoms with E-state index in [1.165, 1.54) is 5.56 Å². The number of aromatic nitrogens is 4. The van der Waals surface area contributed by atoms with E-state index in [1.54, 1.807) is 16.4 Å². The topological polar surface area (TPSA) is 55.6 Å². The highest BCUT2D eigenvalue weighted by molar-refractivity contribution is 7.99. The van der Waals surface area contributed by atoms with Crippen molar-refractivity contribution in [3.8, 4) is 5.69 Å².